The van der Waals surface area contributed by atoms with Crippen molar-refractivity contribution in [1.82, 2.24) is 0 Å². The Bertz CT molecular complexity index is 1120. The quantitative estimate of drug-likeness (QED) is 0.336. The summed E-state index contributed by atoms with van der Waals surface area (Å²) in [6, 6.07) is 23.6. The summed E-state index contributed by atoms with van der Waals surface area (Å²) >= 11 is 3.52. The van der Waals surface area contributed by atoms with Crippen LogP contribution in [-0.4, -0.2) is 13.3 Å². The average molecular weight is 459 g/mol. The van der Waals surface area contributed by atoms with E-state index in [-0.39, 0.29) is 0 Å². The smallest absolute Gasteiger partial charge is 0.133 e. The number of methoxy groups -OCH3 is 1. The highest BCUT2D eigenvalue weighted by molar-refractivity contribution is 9.10. The van der Waals surface area contributed by atoms with E-state index in [0.717, 1.165) is 27.9 Å². The molecule has 3 aromatic rings. The summed E-state index contributed by atoms with van der Waals surface area (Å²) in [5.74, 6) is 1.88. The van der Waals surface area contributed by atoms with E-state index in [0.29, 0.717) is 17.9 Å². The maximum atomic E-state index is 5.28. The fourth-order valence-corrected chi connectivity index (χ4v) is 5.11. The van der Waals surface area contributed by atoms with Gasteiger partial charge in [0, 0.05) is 17.8 Å². The molecule has 2 aliphatic rings. The molecule has 0 saturated heterocycles. The third-order valence-electron chi connectivity index (χ3n) is 6.06. The van der Waals surface area contributed by atoms with Gasteiger partial charge in [-0.15, -0.1) is 0 Å². The second-order valence-electron chi connectivity index (χ2n) is 7.81. The zero-order chi connectivity index (χ0) is 20.5. The number of benzene rings is 3. The first-order chi connectivity index (χ1) is 14.7. The van der Waals surface area contributed by atoms with Gasteiger partial charge in [0.25, 0.3) is 0 Å². The second kappa shape index (κ2) is 8.11. The maximum Gasteiger partial charge on any atom is 0.133 e. The van der Waals surface area contributed by atoms with Crippen LogP contribution in [0.1, 0.15) is 35.1 Å². The largest absolute Gasteiger partial charge is 0.496 e. The minimum Gasteiger partial charge on any atom is -0.496 e. The van der Waals surface area contributed by atoms with Gasteiger partial charge in [-0.2, -0.15) is 0 Å². The highest BCUT2D eigenvalue weighted by Crippen LogP contribution is 2.49. The van der Waals surface area contributed by atoms with E-state index in [1.165, 1.54) is 16.8 Å². The molecule has 30 heavy (non-hydrogen) atoms. The van der Waals surface area contributed by atoms with E-state index in [2.05, 4.69) is 86.9 Å². The molecule has 1 aliphatic carbocycles. The summed E-state index contributed by atoms with van der Waals surface area (Å²) < 4.78 is 6.21. The zero-order valence-electron chi connectivity index (χ0n) is 16.8. The SMILES string of the molecule is COc1ccc(C=Nc2ccc([C@@H]3Nc4ccccc4[C@@H]4C=CC[C@H]43)cc2)cc1Br. The molecule has 150 valence electrons. The van der Waals surface area contributed by atoms with E-state index in [1.54, 1.807) is 7.11 Å². The van der Waals surface area contributed by atoms with Gasteiger partial charge < -0.3 is 10.1 Å². The number of rotatable bonds is 4. The molecule has 5 rings (SSSR count). The molecule has 1 heterocycles. The van der Waals surface area contributed by atoms with Crippen molar-refractivity contribution in [3.63, 3.8) is 0 Å². The number of aliphatic imine (C=N–C) groups is 1. The van der Waals surface area contributed by atoms with E-state index in [9.17, 15) is 0 Å². The molecular weight excluding hydrogens is 436 g/mol. The minimum absolute atomic E-state index is 0.315. The highest BCUT2D eigenvalue weighted by atomic mass is 79.9. The number of hydrogen-bond acceptors (Lipinski definition) is 3. The molecule has 0 saturated carbocycles. The van der Waals surface area contributed by atoms with Crippen LogP contribution in [0.2, 0.25) is 0 Å². The van der Waals surface area contributed by atoms with Gasteiger partial charge in [0.15, 0.2) is 0 Å². The molecule has 0 unspecified atom stereocenters. The van der Waals surface area contributed by atoms with Crippen molar-refractivity contribution in [1.29, 1.82) is 0 Å². The highest BCUT2D eigenvalue weighted by Gasteiger charge is 2.37. The lowest BCUT2D eigenvalue weighted by Gasteiger charge is -2.37. The van der Waals surface area contributed by atoms with Gasteiger partial charge in [0.2, 0.25) is 0 Å². The predicted molar refractivity (Wildman–Crippen MR) is 127 cm³/mol. The van der Waals surface area contributed by atoms with E-state index < -0.39 is 0 Å². The predicted octanol–water partition coefficient (Wildman–Crippen LogP) is 7.03. The molecule has 3 aromatic carbocycles. The van der Waals surface area contributed by atoms with Gasteiger partial charge >= 0.3 is 0 Å². The Morgan fingerprint density at radius 1 is 1.07 bits per heavy atom. The first kappa shape index (κ1) is 19.1. The van der Waals surface area contributed by atoms with Gasteiger partial charge in [0.1, 0.15) is 5.75 Å². The molecule has 0 fully saturated rings. The van der Waals surface area contributed by atoms with Gasteiger partial charge in [-0.25, -0.2) is 0 Å². The summed E-state index contributed by atoms with van der Waals surface area (Å²) in [6.07, 6.45) is 7.70. The lowest BCUT2D eigenvalue weighted by molar-refractivity contribution is 0.412. The van der Waals surface area contributed by atoms with Gasteiger partial charge in [0.05, 0.1) is 23.3 Å². The van der Waals surface area contributed by atoms with Crippen LogP contribution in [-0.2, 0) is 0 Å². The average Bonchev–Trinajstić information content (AvgIpc) is 3.28. The molecule has 3 nitrogen and oxygen atoms in total. The molecule has 1 N–H and O–H groups in total. The fraction of sp³-hybridized carbons (Fsp3) is 0.192. The Balaban J connectivity index is 1.36. The number of allylic oxidation sites excluding steroid dienone is 2. The van der Waals surface area contributed by atoms with Crippen LogP contribution in [0.4, 0.5) is 11.4 Å². The monoisotopic (exact) mass is 458 g/mol. The Kier molecular flexibility index (Phi) is 5.17. The minimum atomic E-state index is 0.315. The summed E-state index contributed by atoms with van der Waals surface area (Å²) in [4.78, 5) is 4.64. The van der Waals surface area contributed by atoms with Crippen molar-refractivity contribution in [3.05, 3.63) is 100 Å². The van der Waals surface area contributed by atoms with Gasteiger partial charge in [-0.1, -0.05) is 42.5 Å². The standard InChI is InChI=1S/C26H23BrN2O/c1-30-25-14-9-17(15-23(25)27)16-28-19-12-10-18(11-13-19)26-22-7-4-6-20(22)21-5-2-3-8-24(21)29-26/h2-6,8-16,20,22,26,29H,7H2,1H3/t20-,22+,26-/m0/s1. The number of nitrogens with one attached hydrogen (secondary N) is 1. The van der Waals surface area contributed by atoms with Crippen molar-refractivity contribution >= 4 is 33.5 Å². The van der Waals surface area contributed by atoms with Crippen LogP contribution in [0, 0.1) is 5.92 Å². The lowest BCUT2D eigenvalue weighted by atomic mass is 9.77. The van der Waals surface area contributed by atoms with Crippen LogP contribution in [0.25, 0.3) is 0 Å². The Hall–Kier alpha value is -2.85. The summed E-state index contributed by atoms with van der Waals surface area (Å²) in [5.41, 5.74) is 5.95. The van der Waals surface area contributed by atoms with Crippen LogP contribution in [0.15, 0.2) is 88.3 Å². The van der Waals surface area contributed by atoms with Crippen LogP contribution >= 0.6 is 15.9 Å². The van der Waals surface area contributed by atoms with E-state index in [4.69, 9.17) is 4.74 Å². The van der Waals surface area contributed by atoms with Gasteiger partial charge in [-0.3, -0.25) is 4.99 Å². The summed E-state index contributed by atoms with van der Waals surface area (Å²) in [7, 11) is 1.67. The molecule has 1 aliphatic heterocycles. The molecule has 0 bridgehead atoms. The molecule has 0 amide bonds. The fourth-order valence-electron chi connectivity index (χ4n) is 4.55. The third-order valence-corrected chi connectivity index (χ3v) is 6.68. The summed E-state index contributed by atoms with van der Waals surface area (Å²) in [5, 5.41) is 3.78. The zero-order valence-corrected chi connectivity index (χ0v) is 18.3. The van der Waals surface area contributed by atoms with Crippen molar-refractivity contribution in [2.24, 2.45) is 10.9 Å². The molecular formula is C26H23BrN2O. The van der Waals surface area contributed by atoms with Crippen molar-refractivity contribution in [3.8, 4) is 5.75 Å². The Morgan fingerprint density at radius 2 is 1.90 bits per heavy atom. The first-order valence-electron chi connectivity index (χ1n) is 10.2. The lowest BCUT2D eigenvalue weighted by Crippen LogP contribution is -2.28. The van der Waals surface area contributed by atoms with Crippen molar-refractivity contribution < 1.29 is 4.74 Å². The molecule has 0 aromatic heterocycles. The maximum absolute atomic E-state index is 5.28. The van der Waals surface area contributed by atoms with Crippen molar-refractivity contribution in [2.45, 2.75) is 18.4 Å². The first-order valence-corrected chi connectivity index (χ1v) is 11.0. The molecule has 0 spiro atoms. The molecule has 4 heteroatoms. The number of hydrogen-bond donors (Lipinski definition) is 1. The number of nitrogens with zero attached hydrogens (tertiary/aromatic N) is 1. The van der Waals surface area contributed by atoms with Crippen molar-refractivity contribution in [2.75, 3.05) is 12.4 Å². The number of anilines is 1. The molecule has 3 atom stereocenters. The molecule has 0 radical (unpaired) electrons. The third kappa shape index (κ3) is 3.56. The van der Waals surface area contributed by atoms with E-state index >= 15 is 0 Å². The number of ether oxygens (including phenoxy) is 1. The normalized spacial score (nSPS) is 21.9. The van der Waals surface area contributed by atoms with Gasteiger partial charge in [-0.05, 0) is 81.4 Å². The Morgan fingerprint density at radius 3 is 2.70 bits per heavy atom. The number of halogens is 1. The second-order valence-corrected chi connectivity index (χ2v) is 8.66. The topological polar surface area (TPSA) is 33.6 Å². The van der Waals surface area contributed by atoms with Crippen LogP contribution in [0.3, 0.4) is 0 Å². The van der Waals surface area contributed by atoms with E-state index in [1.807, 2.05) is 24.4 Å². The number of fused-ring (bicyclic) bond motifs is 3. The van der Waals surface area contributed by atoms with Crippen LogP contribution in [0.5, 0.6) is 5.75 Å². The number of para-hydroxylation sites is 1. The Labute approximate surface area is 185 Å². The summed E-state index contributed by atoms with van der Waals surface area (Å²) in [6.45, 7) is 0. The van der Waals surface area contributed by atoms with Crippen LogP contribution < -0.4 is 10.1 Å².